The van der Waals surface area contributed by atoms with Gasteiger partial charge in [0.2, 0.25) is 0 Å². The zero-order valence-electron chi connectivity index (χ0n) is 22.9. The highest BCUT2D eigenvalue weighted by Gasteiger charge is 2.51. The van der Waals surface area contributed by atoms with Gasteiger partial charge in [0.15, 0.2) is 15.0 Å². The molecule has 0 amide bonds. The van der Waals surface area contributed by atoms with E-state index in [1.165, 1.54) is 5.56 Å². The summed E-state index contributed by atoms with van der Waals surface area (Å²) < 4.78 is 29.8. The highest BCUT2D eigenvalue weighted by Crippen LogP contribution is 2.47. The van der Waals surface area contributed by atoms with E-state index < -0.39 is 15.8 Å². The number of carboxylic acid groups (broad SMARTS) is 1. The molecule has 3 saturated heterocycles. The molecule has 3 aromatic rings. The maximum atomic E-state index is 11.7. The van der Waals surface area contributed by atoms with Crippen molar-refractivity contribution in [1.82, 2.24) is 9.88 Å². The molecule has 2 aromatic carbocycles. The lowest BCUT2D eigenvalue weighted by Gasteiger charge is -2.51. The van der Waals surface area contributed by atoms with E-state index in [0.29, 0.717) is 19.7 Å². The third-order valence-electron chi connectivity index (χ3n) is 8.62. The van der Waals surface area contributed by atoms with Crippen LogP contribution in [0.25, 0.3) is 11.3 Å². The Morgan fingerprint density at radius 3 is 2.55 bits per heavy atom. The van der Waals surface area contributed by atoms with Gasteiger partial charge in [-0.05, 0) is 60.9 Å². The van der Waals surface area contributed by atoms with Gasteiger partial charge in [-0.1, -0.05) is 29.8 Å². The van der Waals surface area contributed by atoms with Gasteiger partial charge in [-0.3, -0.25) is 9.69 Å². The van der Waals surface area contributed by atoms with Gasteiger partial charge in [-0.2, -0.15) is 0 Å². The summed E-state index contributed by atoms with van der Waals surface area (Å²) in [6.45, 7) is 8.02. The van der Waals surface area contributed by atoms with Crippen LogP contribution in [0.2, 0.25) is 0 Å². The van der Waals surface area contributed by atoms with Gasteiger partial charge in [0.1, 0.15) is 12.4 Å². The number of nitrogens with zero attached hydrogens (tertiary/aromatic N) is 3. The zero-order valence-corrected chi connectivity index (χ0v) is 24.5. The number of anilines is 1. The molecule has 0 spiro atoms. The summed E-state index contributed by atoms with van der Waals surface area (Å²) in [5, 5.41) is 12.5. The van der Waals surface area contributed by atoms with E-state index in [2.05, 4.69) is 53.3 Å². The molecule has 8 nitrogen and oxygen atoms in total. The Balaban J connectivity index is 1.12. The largest absolute Gasteiger partial charge is 0.488 e. The number of ether oxygens (including phenoxy) is 1. The average Bonchev–Trinajstić information content (AvgIpc) is 3.40. The van der Waals surface area contributed by atoms with Crippen molar-refractivity contribution in [3.63, 3.8) is 0 Å². The Morgan fingerprint density at radius 1 is 1.10 bits per heavy atom. The molecule has 40 heavy (non-hydrogen) atoms. The Morgan fingerprint density at radius 2 is 1.85 bits per heavy atom. The zero-order chi connectivity index (χ0) is 28.0. The summed E-state index contributed by atoms with van der Waals surface area (Å²) in [5.74, 6) is 0.829. The molecule has 10 heteroatoms. The molecule has 7 rings (SSSR count). The molecular formula is C30H35N3O5S2. The van der Waals surface area contributed by atoms with E-state index in [1.54, 1.807) is 11.3 Å². The number of carbonyl (C=O) groups is 1. The van der Waals surface area contributed by atoms with Crippen molar-refractivity contribution in [3.8, 4) is 17.0 Å². The maximum absolute atomic E-state index is 11.7. The van der Waals surface area contributed by atoms with Gasteiger partial charge in [0.05, 0.1) is 23.1 Å². The van der Waals surface area contributed by atoms with Crippen molar-refractivity contribution in [3.05, 3.63) is 64.0 Å². The van der Waals surface area contributed by atoms with E-state index in [4.69, 9.17) is 9.72 Å². The normalized spacial score (nSPS) is 23.9. The van der Waals surface area contributed by atoms with E-state index in [9.17, 15) is 18.3 Å². The van der Waals surface area contributed by atoms with Crippen molar-refractivity contribution in [1.29, 1.82) is 0 Å². The predicted molar refractivity (Wildman–Crippen MR) is 157 cm³/mol. The molecular weight excluding hydrogens is 546 g/mol. The Kier molecular flexibility index (Phi) is 7.35. The quantitative estimate of drug-likeness (QED) is 0.418. The maximum Gasteiger partial charge on any atom is 0.307 e. The van der Waals surface area contributed by atoms with Crippen LogP contribution >= 0.6 is 11.3 Å². The fourth-order valence-corrected chi connectivity index (χ4v) is 8.41. The van der Waals surface area contributed by atoms with E-state index >= 15 is 0 Å². The summed E-state index contributed by atoms with van der Waals surface area (Å²) in [6.07, 6.45) is 1.00. The van der Waals surface area contributed by atoms with Crippen molar-refractivity contribution >= 4 is 32.3 Å². The third-order valence-corrected chi connectivity index (χ3v) is 11.1. The minimum Gasteiger partial charge on any atom is -0.488 e. The lowest BCUT2D eigenvalue weighted by atomic mass is 9.62. The van der Waals surface area contributed by atoms with Crippen LogP contribution in [-0.4, -0.2) is 67.1 Å². The number of sulfone groups is 1. The molecule has 0 radical (unpaired) electrons. The highest BCUT2D eigenvalue weighted by molar-refractivity contribution is 7.91. The van der Waals surface area contributed by atoms with Crippen LogP contribution in [0.15, 0.2) is 41.8 Å². The number of hydrogen-bond acceptors (Lipinski definition) is 8. The van der Waals surface area contributed by atoms with Gasteiger partial charge in [-0.15, -0.1) is 11.3 Å². The van der Waals surface area contributed by atoms with Crippen LogP contribution in [-0.2, 0) is 27.8 Å². The minimum atomic E-state index is -2.88. The van der Waals surface area contributed by atoms with Crippen LogP contribution in [0.4, 0.5) is 5.13 Å². The first kappa shape index (κ1) is 27.2. The van der Waals surface area contributed by atoms with Gasteiger partial charge >= 0.3 is 5.97 Å². The standard InChI is InChI=1S/C30H35N3O5S2/c1-19-3-6-27(38-17-22-5-4-21(12-20(22)2)14-32-7-9-40(36,37)10-8-32)25(11-19)26-18-39-30(31-26)33-15-23-13-24(16-33)28(23)29(34)35/h3-6,11-12,18,23-24,28H,7-10,13-17H2,1-2H3,(H,34,35)/t23-,24?,28?/m0/s1. The number of piperidine rings is 2. The Labute approximate surface area is 239 Å². The molecule has 1 N–H and O–H groups in total. The topological polar surface area (TPSA) is 100 Å². The molecule has 4 aliphatic rings. The number of aliphatic carboxylic acids is 1. The van der Waals surface area contributed by atoms with E-state index in [1.807, 2.05) is 12.1 Å². The lowest BCUT2D eigenvalue weighted by molar-refractivity contribution is -0.153. The summed E-state index contributed by atoms with van der Waals surface area (Å²) in [7, 11) is -2.88. The fraction of sp³-hybridized carbons (Fsp3) is 0.467. The summed E-state index contributed by atoms with van der Waals surface area (Å²) in [4.78, 5) is 20.9. The first-order valence-electron chi connectivity index (χ1n) is 13.8. The molecule has 4 fully saturated rings. The molecule has 3 aliphatic heterocycles. The minimum absolute atomic E-state index is 0.200. The number of carboxylic acids is 1. The summed E-state index contributed by atoms with van der Waals surface area (Å²) in [5.41, 5.74) is 6.40. The van der Waals surface area contributed by atoms with Gasteiger partial charge in [0, 0.05) is 43.7 Å². The van der Waals surface area contributed by atoms with Crippen molar-refractivity contribution in [2.45, 2.75) is 33.4 Å². The van der Waals surface area contributed by atoms with Gasteiger partial charge < -0.3 is 14.7 Å². The average molecular weight is 582 g/mol. The Hall–Kier alpha value is -2.95. The van der Waals surface area contributed by atoms with E-state index in [0.717, 1.165) is 64.9 Å². The summed E-state index contributed by atoms with van der Waals surface area (Å²) in [6, 6.07) is 12.5. The van der Waals surface area contributed by atoms with Crippen molar-refractivity contribution < 1.29 is 23.1 Å². The summed E-state index contributed by atoms with van der Waals surface area (Å²) >= 11 is 1.60. The molecule has 1 aliphatic carbocycles. The van der Waals surface area contributed by atoms with Crippen LogP contribution in [0.1, 0.15) is 28.7 Å². The molecule has 212 valence electrons. The Bertz CT molecular complexity index is 1510. The molecule has 1 saturated carbocycles. The molecule has 2 bridgehead atoms. The van der Waals surface area contributed by atoms with Crippen LogP contribution in [0.3, 0.4) is 0 Å². The molecule has 3 atom stereocenters. The monoisotopic (exact) mass is 581 g/mol. The number of aryl methyl sites for hydroxylation is 2. The number of benzene rings is 2. The van der Waals surface area contributed by atoms with Gasteiger partial charge in [0.25, 0.3) is 0 Å². The second-order valence-electron chi connectivity index (χ2n) is 11.5. The van der Waals surface area contributed by atoms with Crippen molar-refractivity contribution in [2.75, 3.05) is 42.6 Å². The second-order valence-corrected chi connectivity index (χ2v) is 14.7. The molecule has 4 heterocycles. The highest BCUT2D eigenvalue weighted by atomic mass is 32.2. The first-order valence-corrected chi connectivity index (χ1v) is 16.5. The van der Waals surface area contributed by atoms with Crippen LogP contribution < -0.4 is 9.64 Å². The smallest absolute Gasteiger partial charge is 0.307 e. The number of fused-ring (bicyclic) bond motifs is 2. The number of aromatic nitrogens is 1. The van der Waals surface area contributed by atoms with Crippen LogP contribution in [0.5, 0.6) is 5.75 Å². The van der Waals surface area contributed by atoms with Crippen molar-refractivity contribution in [2.24, 2.45) is 17.8 Å². The molecule has 1 aromatic heterocycles. The van der Waals surface area contributed by atoms with Crippen LogP contribution in [0, 0.1) is 31.6 Å². The SMILES string of the molecule is Cc1ccc(OCc2ccc(CN3CCS(=O)(=O)CC3)cc2C)c(-c2csc(N3CC4C[C@@H](C3)C4C(=O)O)n2)c1. The lowest BCUT2D eigenvalue weighted by Crippen LogP contribution is -2.57. The molecule has 2 unspecified atom stereocenters. The third kappa shape index (κ3) is 5.62. The van der Waals surface area contributed by atoms with Gasteiger partial charge in [-0.25, -0.2) is 13.4 Å². The second kappa shape index (κ2) is 10.8. The first-order chi connectivity index (χ1) is 19.1. The number of hydrogen-bond donors (Lipinski definition) is 1. The fourth-order valence-electron chi connectivity index (χ4n) is 6.29. The predicted octanol–water partition coefficient (Wildman–Crippen LogP) is 4.39. The number of thiazole rings is 1. The number of rotatable bonds is 8. The van der Waals surface area contributed by atoms with E-state index in [-0.39, 0.29) is 29.3 Å².